The van der Waals surface area contributed by atoms with Crippen molar-refractivity contribution in [1.29, 1.82) is 0 Å². The minimum Gasteiger partial charge on any atom is -0.322 e. The Bertz CT molecular complexity index is 928. The van der Waals surface area contributed by atoms with Crippen LogP contribution in [0.25, 0.3) is 0 Å². The Labute approximate surface area is 164 Å². The summed E-state index contributed by atoms with van der Waals surface area (Å²) in [4.78, 5) is 41.7. The fourth-order valence-corrected chi connectivity index (χ4v) is 4.05. The van der Waals surface area contributed by atoms with Crippen molar-refractivity contribution in [2.45, 2.75) is 18.5 Å². The van der Waals surface area contributed by atoms with Gasteiger partial charge in [-0.05, 0) is 59.0 Å². The molecule has 26 heavy (non-hydrogen) atoms. The summed E-state index contributed by atoms with van der Waals surface area (Å²) < 4.78 is 1.05. The summed E-state index contributed by atoms with van der Waals surface area (Å²) in [5.41, 5.74) is 0.216. The van der Waals surface area contributed by atoms with Crippen LogP contribution < -0.4 is 10.2 Å². The molecule has 0 aromatic heterocycles. The van der Waals surface area contributed by atoms with E-state index in [-0.39, 0.29) is 30.6 Å². The van der Waals surface area contributed by atoms with Gasteiger partial charge in [0.05, 0.1) is 11.3 Å². The summed E-state index contributed by atoms with van der Waals surface area (Å²) in [5.74, 6) is -0.797. The number of nitrogens with one attached hydrogen (secondary N) is 1. The summed E-state index contributed by atoms with van der Waals surface area (Å²) in [6, 6.07) is 14.3. The van der Waals surface area contributed by atoms with Crippen molar-refractivity contribution in [2.75, 3.05) is 17.3 Å². The molecular formula is C19H16IN3O3. The molecule has 2 aromatic rings. The molecule has 2 aliphatic rings. The molecule has 3 amide bonds. The molecule has 1 atom stereocenters. The average Bonchev–Trinajstić information content (AvgIpc) is 3.00. The molecule has 1 fully saturated rings. The Morgan fingerprint density at radius 2 is 1.81 bits per heavy atom. The molecule has 0 saturated carbocycles. The number of fused-ring (bicyclic) bond motifs is 3. The fraction of sp³-hybridized carbons (Fsp3) is 0.211. The summed E-state index contributed by atoms with van der Waals surface area (Å²) in [5, 5.41) is 2.87. The predicted molar refractivity (Wildman–Crippen MR) is 106 cm³/mol. The normalized spacial score (nSPS) is 21.5. The minimum absolute atomic E-state index is 0.158. The lowest BCUT2D eigenvalue weighted by molar-refractivity contribution is -0.128. The lowest BCUT2D eigenvalue weighted by Crippen LogP contribution is -2.68. The van der Waals surface area contributed by atoms with Crippen molar-refractivity contribution in [3.05, 3.63) is 57.7 Å². The van der Waals surface area contributed by atoms with Gasteiger partial charge in [-0.25, -0.2) is 0 Å². The maximum absolute atomic E-state index is 13.3. The number of hydrogen-bond acceptors (Lipinski definition) is 3. The van der Waals surface area contributed by atoms with E-state index in [1.807, 2.05) is 12.1 Å². The van der Waals surface area contributed by atoms with E-state index in [0.717, 1.165) is 3.57 Å². The molecular weight excluding hydrogens is 445 g/mol. The lowest BCUT2D eigenvalue weighted by atomic mass is 9.96. The highest BCUT2D eigenvalue weighted by Gasteiger charge is 2.59. The second-order valence-corrected chi connectivity index (χ2v) is 7.63. The molecule has 1 saturated heterocycles. The quantitative estimate of drug-likeness (QED) is 0.700. The number of rotatable bonds is 2. The van der Waals surface area contributed by atoms with Crippen LogP contribution in [0.4, 0.5) is 11.4 Å². The highest BCUT2D eigenvalue weighted by atomic mass is 127. The molecule has 132 valence electrons. The van der Waals surface area contributed by atoms with Crippen LogP contribution in [0, 0.1) is 3.57 Å². The largest absolute Gasteiger partial charge is 0.322 e. The predicted octanol–water partition coefficient (Wildman–Crippen LogP) is 2.84. The molecule has 2 heterocycles. The molecule has 4 rings (SSSR count). The summed E-state index contributed by atoms with van der Waals surface area (Å²) in [6.45, 7) is 0. The Hall–Kier alpha value is -2.42. The second-order valence-electron chi connectivity index (χ2n) is 6.39. The summed E-state index contributed by atoms with van der Waals surface area (Å²) in [7, 11) is 1.58. The Morgan fingerprint density at radius 1 is 1.12 bits per heavy atom. The maximum Gasteiger partial charge on any atom is 0.271 e. The van der Waals surface area contributed by atoms with Gasteiger partial charge in [0.1, 0.15) is 0 Å². The first kappa shape index (κ1) is 17.0. The van der Waals surface area contributed by atoms with Crippen molar-refractivity contribution >= 4 is 51.7 Å². The second kappa shape index (κ2) is 6.08. The number of likely N-dealkylation sites (N-methyl/N-ethyl adjacent to an activating group) is 1. The summed E-state index contributed by atoms with van der Waals surface area (Å²) in [6.07, 6.45) is 0.477. The van der Waals surface area contributed by atoms with E-state index in [0.29, 0.717) is 16.9 Å². The number of anilines is 2. The third-order valence-electron chi connectivity index (χ3n) is 5.01. The van der Waals surface area contributed by atoms with Gasteiger partial charge in [0.25, 0.3) is 11.8 Å². The third kappa shape index (κ3) is 2.33. The monoisotopic (exact) mass is 461 g/mol. The third-order valence-corrected chi connectivity index (χ3v) is 5.73. The van der Waals surface area contributed by atoms with E-state index in [4.69, 9.17) is 0 Å². The Kier molecular flexibility index (Phi) is 3.98. The first-order chi connectivity index (χ1) is 12.4. The van der Waals surface area contributed by atoms with Crippen molar-refractivity contribution in [3.8, 4) is 0 Å². The standard InChI is InChI=1S/C19H16IN3O3/c1-22-17(25)14-4-2-3-5-15(14)23-16(24)10-11-19(22,23)18(26)21-13-8-6-12(20)7-9-13/h2-9H,10-11H2,1H3,(H,21,26). The minimum atomic E-state index is -1.34. The first-order valence-electron chi connectivity index (χ1n) is 8.22. The van der Waals surface area contributed by atoms with Gasteiger partial charge in [-0.15, -0.1) is 0 Å². The van der Waals surface area contributed by atoms with Gasteiger partial charge in [0.2, 0.25) is 11.6 Å². The van der Waals surface area contributed by atoms with Crippen LogP contribution in [0.5, 0.6) is 0 Å². The number of para-hydroxylation sites is 1. The lowest BCUT2D eigenvalue weighted by Gasteiger charge is -2.47. The Morgan fingerprint density at radius 3 is 2.54 bits per heavy atom. The fourth-order valence-electron chi connectivity index (χ4n) is 3.69. The van der Waals surface area contributed by atoms with Crippen LogP contribution in [0.1, 0.15) is 23.2 Å². The van der Waals surface area contributed by atoms with Crippen molar-refractivity contribution in [1.82, 2.24) is 4.90 Å². The molecule has 0 aliphatic carbocycles. The van der Waals surface area contributed by atoms with E-state index in [1.165, 1.54) is 9.80 Å². The van der Waals surface area contributed by atoms with Crippen LogP contribution in [-0.2, 0) is 9.59 Å². The van der Waals surface area contributed by atoms with Crippen LogP contribution in [0.3, 0.4) is 0 Å². The number of hydrogen-bond donors (Lipinski definition) is 1. The van der Waals surface area contributed by atoms with E-state index in [9.17, 15) is 14.4 Å². The van der Waals surface area contributed by atoms with Crippen molar-refractivity contribution in [3.63, 3.8) is 0 Å². The Balaban J connectivity index is 1.80. The van der Waals surface area contributed by atoms with E-state index in [2.05, 4.69) is 27.9 Å². The van der Waals surface area contributed by atoms with Gasteiger partial charge in [0, 0.05) is 29.1 Å². The molecule has 1 N–H and O–H groups in total. The number of carbonyl (C=O) groups excluding carboxylic acids is 3. The van der Waals surface area contributed by atoms with Crippen molar-refractivity contribution in [2.24, 2.45) is 0 Å². The van der Waals surface area contributed by atoms with Gasteiger partial charge in [-0.1, -0.05) is 12.1 Å². The number of amides is 3. The number of halogens is 1. The van der Waals surface area contributed by atoms with Gasteiger partial charge in [0.15, 0.2) is 0 Å². The van der Waals surface area contributed by atoms with E-state index >= 15 is 0 Å². The topological polar surface area (TPSA) is 69.7 Å². The molecule has 2 aliphatic heterocycles. The molecule has 2 aromatic carbocycles. The molecule has 6 nitrogen and oxygen atoms in total. The first-order valence-corrected chi connectivity index (χ1v) is 9.30. The molecule has 1 unspecified atom stereocenters. The van der Waals surface area contributed by atoms with Crippen LogP contribution in [-0.4, -0.2) is 35.3 Å². The zero-order chi connectivity index (χ0) is 18.5. The van der Waals surface area contributed by atoms with Crippen LogP contribution in [0.2, 0.25) is 0 Å². The molecule has 7 heteroatoms. The van der Waals surface area contributed by atoms with Gasteiger partial charge in [-0.2, -0.15) is 0 Å². The van der Waals surface area contributed by atoms with Gasteiger partial charge >= 0.3 is 0 Å². The zero-order valence-corrected chi connectivity index (χ0v) is 16.2. The zero-order valence-electron chi connectivity index (χ0n) is 14.0. The molecule has 0 radical (unpaired) electrons. The van der Waals surface area contributed by atoms with Crippen molar-refractivity contribution < 1.29 is 14.4 Å². The van der Waals surface area contributed by atoms with Gasteiger partial charge < -0.3 is 10.2 Å². The van der Waals surface area contributed by atoms with E-state index < -0.39 is 5.66 Å². The van der Waals surface area contributed by atoms with E-state index in [1.54, 1.807) is 43.4 Å². The highest BCUT2D eigenvalue weighted by Crippen LogP contribution is 2.44. The maximum atomic E-state index is 13.3. The smallest absolute Gasteiger partial charge is 0.271 e. The number of benzene rings is 2. The highest BCUT2D eigenvalue weighted by molar-refractivity contribution is 14.1. The van der Waals surface area contributed by atoms with Crippen LogP contribution in [0.15, 0.2) is 48.5 Å². The summed E-state index contributed by atoms with van der Waals surface area (Å²) >= 11 is 2.19. The van der Waals surface area contributed by atoms with Crippen LogP contribution >= 0.6 is 22.6 Å². The SMILES string of the molecule is CN1C(=O)c2ccccc2N2C(=O)CCC12C(=O)Nc1ccc(I)cc1. The molecule has 0 spiro atoms. The molecule has 0 bridgehead atoms. The average molecular weight is 461 g/mol. The van der Waals surface area contributed by atoms with Gasteiger partial charge in [-0.3, -0.25) is 19.3 Å². The number of carbonyl (C=O) groups is 3. The number of nitrogens with zero attached hydrogens (tertiary/aromatic N) is 2.